The summed E-state index contributed by atoms with van der Waals surface area (Å²) in [6.07, 6.45) is -11.7. The second kappa shape index (κ2) is 8.22. The highest BCUT2D eigenvalue weighted by Crippen LogP contribution is 2.40. The van der Waals surface area contributed by atoms with Crippen molar-refractivity contribution in [3.8, 4) is 5.75 Å². The van der Waals surface area contributed by atoms with Gasteiger partial charge in [-0.05, 0) is 51.0 Å². The number of hydrogen-bond acceptors (Lipinski definition) is 3. The fourth-order valence-electron chi connectivity index (χ4n) is 3.29. The highest BCUT2D eigenvalue weighted by molar-refractivity contribution is 5.69. The average molecular weight is 461 g/mol. The molecule has 32 heavy (non-hydrogen) atoms. The van der Waals surface area contributed by atoms with Crippen molar-refractivity contribution in [3.05, 3.63) is 64.7 Å². The third-order valence-corrected chi connectivity index (χ3v) is 4.66. The van der Waals surface area contributed by atoms with E-state index < -0.39 is 47.2 Å². The molecule has 0 saturated heterocycles. The first kappa shape index (κ1) is 23.7. The summed E-state index contributed by atoms with van der Waals surface area (Å²) in [7, 11) is 0. The lowest BCUT2D eigenvalue weighted by molar-refractivity contribution is -0.143. The Kier molecular flexibility index (Phi) is 6.10. The predicted molar refractivity (Wildman–Crippen MR) is 103 cm³/mol. The van der Waals surface area contributed by atoms with Crippen molar-refractivity contribution in [2.24, 2.45) is 0 Å². The molecule has 174 valence electrons. The maximum atomic E-state index is 13.2. The van der Waals surface area contributed by atoms with Crippen molar-refractivity contribution in [1.29, 1.82) is 0 Å². The van der Waals surface area contributed by atoms with E-state index in [1.54, 1.807) is 45.0 Å². The van der Waals surface area contributed by atoms with Gasteiger partial charge in [-0.2, -0.15) is 26.3 Å². The minimum absolute atomic E-state index is 0.0211. The molecule has 1 atom stereocenters. The first-order valence-electron chi connectivity index (χ1n) is 9.69. The Morgan fingerprint density at radius 3 is 2.03 bits per heavy atom. The van der Waals surface area contributed by atoms with Gasteiger partial charge in [0.15, 0.2) is 0 Å². The largest absolute Gasteiger partial charge is 0.466 e. The molecule has 4 nitrogen and oxygen atoms in total. The molecule has 10 heteroatoms. The molecule has 0 N–H and O–H groups in total. The Labute approximate surface area is 180 Å². The van der Waals surface area contributed by atoms with E-state index in [-0.39, 0.29) is 12.6 Å². The molecule has 3 rings (SSSR count). The summed E-state index contributed by atoms with van der Waals surface area (Å²) in [4.78, 5) is 13.9. The zero-order chi connectivity index (χ0) is 23.9. The number of fused-ring (bicyclic) bond motifs is 1. The van der Waals surface area contributed by atoms with Crippen LogP contribution in [0.5, 0.6) is 5.75 Å². The molecule has 1 aliphatic rings. The van der Waals surface area contributed by atoms with Crippen molar-refractivity contribution in [1.82, 2.24) is 4.90 Å². The number of hydrogen-bond donors (Lipinski definition) is 0. The van der Waals surface area contributed by atoms with E-state index in [0.29, 0.717) is 24.1 Å². The van der Waals surface area contributed by atoms with E-state index in [9.17, 15) is 31.1 Å². The van der Waals surface area contributed by atoms with Crippen molar-refractivity contribution < 1.29 is 40.6 Å². The summed E-state index contributed by atoms with van der Waals surface area (Å²) in [6, 6.07) is 7.74. The van der Waals surface area contributed by atoms with Crippen LogP contribution in [-0.2, 0) is 23.5 Å². The molecule has 1 heterocycles. The van der Waals surface area contributed by atoms with Crippen molar-refractivity contribution in [2.75, 3.05) is 6.54 Å². The smallest absolute Gasteiger partial charge is 0.416 e. The van der Waals surface area contributed by atoms with Crippen LogP contribution in [0.25, 0.3) is 0 Å². The fourth-order valence-corrected chi connectivity index (χ4v) is 3.29. The zero-order valence-electron chi connectivity index (χ0n) is 17.5. The molecule has 0 spiro atoms. The molecule has 1 amide bonds. The Morgan fingerprint density at radius 2 is 1.50 bits per heavy atom. The summed E-state index contributed by atoms with van der Waals surface area (Å²) in [5.74, 6) is -0.664. The normalized spacial score (nSPS) is 17.0. The van der Waals surface area contributed by atoms with Crippen molar-refractivity contribution >= 4 is 6.09 Å². The number of ether oxygens (including phenoxy) is 2. The van der Waals surface area contributed by atoms with E-state index >= 15 is 0 Å². The third kappa shape index (κ3) is 5.46. The lowest BCUT2D eigenvalue weighted by atomic mass is 9.98. The molecule has 0 fully saturated rings. The number of rotatable bonds is 2. The van der Waals surface area contributed by atoms with Gasteiger partial charge in [0.1, 0.15) is 11.4 Å². The second-order valence-corrected chi connectivity index (χ2v) is 8.33. The SMILES string of the molecule is CC(C)(C)OC(=O)N1CCc2ccccc2C1Oc1cc(C(F)(F)F)cc(C(F)(F)F)c1. The van der Waals surface area contributed by atoms with Gasteiger partial charge in [0.25, 0.3) is 0 Å². The fraction of sp³-hybridized carbons (Fsp3) is 0.409. The maximum absolute atomic E-state index is 13.2. The topological polar surface area (TPSA) is 38.8 Å². The maximum Gasteiger partial charge on any atom is 0.416 e. The molecular weight excluding hydrogens is 440 g/mol. The molecule has 2 aromatic rings. The van der Waals surface area contributed by atoms with Crippen LogP contribution < -0.4 is 4.74 Å². The van der Waals surface area contributed by atoms with Crippen LogP contribution in [0.15, 0.2) is 42.5 Å². The van der Waals surface area contributed by atoms with Crippen LogP contribution in [0.1, 0.15) is 49.3 Å². The molecule has 1 aliphatic heterocycles. The van der Waals surface area contributed by atoms with Crippen LogP contribution in [-0.4, -0.2) is 23.1 Å². The number of carbonyl (C=O) groups excluding carboxylic acids is 1. The van der Waals surface area contributed by atoms with Gasteiger partial charge in [-0.1, -0.05) is 24.3 Å². The lowest BCUT2D eigenvalue weighted by Gasteiger charge is -2.37. The number of nitrogens with zero attached hydrogens (tertiary/aromatic N) is 1. The number of amides is 1. The summed E-state index contributed by atoms with van der Waals surface area (Å²) in [5.41, 5.74) is -2.65. The predicted octanol–water partition coefficient (Wildman–Crippen LogP) is 6.60. The van der Waals surface area contributed by atoms with E-state index in [1.165, 1.54) is 0 Å². The number of carbonyl (C=O) groups is 1. The van der Waals surface area contributed by atoms with Crippen LogP contribution in [0.4, 0.5) is 31.1 Å². The zero-order valence-corrected chi connectivity index (χ0v) is 17.5. The Morgan fingerprint density at radius 1 is 0.938 bits per heavy atom. The summed E-state index contributed by atoms with van der Waals surface area (Å²) >= 11 is 0. The van der Waals surface area contributed by atoms with Gasteiger partial charge in [-0.3, -0.25) is 4.90 Å². The number of halogens is 6. The third-order valence-electron chi connectivity index (χ3n) is 4.66. The standard InChI is InChI=1S/C22H21F6NO3/c1-20(2,3)32-19(30)29-9-8-13-6-4-5-7-17(13)18(29)31-16-11-14(21(23,24)25)10-15(12-16)22(26,27)28/h4-7,10-12,18H,8-9H2,1-3H3. The molecule has 0 aromatic heterocycles. The quantitative estimate of drug-likeness (QED) is 0.474. The first-order valence-corrected chi connectivity index (χ1v) is 9.69. The van der Waals surface area contributed by atoms with Crippen LogP contribution in [0.3, 0.4) is 0 Å². The lowest BCUT2D eigenvalue weighted by Crippen LogP contribution is -2.45. The molecule has 0 bridgehead atoms. The van der Waals surface area contributed by atoms with E-state index in [1.807, 2.05) is 0 Å². The average Bonchev–Trinajstić information content (AvgIpc) is 2.65. The molecule has 2 aromatic carbocycles. The van der Waals surface area contributed by atoms with Crippen LogP contribution in [0, 0.1) is 0 Å². The second-order valence-electron chi connectivity index (χ2n) is 8.33. The van der Waals surface area contributed by atoms with Gasteiger partial charge < -0.3 is 9.47 Å². The van der Waals surface area contributed by atoms with E-state index in [2.05, 4.69) is 0 Å². The molecule has 0 radical (unpaired) electrons. The molecule has 1 unspecified atom stereocenters. The van der Waals surface area contributed by atoms with E-state index in [0.717, 1.165) is 10.5 Å². The van der Waals surface area contributed by atoms with Gasteiger partial charge in [-0.25, -0.2) is 4.79 Å². The van der Waals surface area contributed by atoms with E-state index in [4.69, 9.17) is 9.47 Å². The van der Waals surface area contributed by atoms with Crippen molar-refractivity contribution in [2.45, 2.75) is 51.4 Å². The Hall–Kier alpha value is -2.91. The van der Waals surface area contributed by atoms with Gasteiger partial charge >= 0.3 is 18.4 Å². The van der Waals surface area contributed by atoms with Crippen LogP contribution in [0.2, 0.25) is 0 Å². The van der Waals surface area contributed by atoms with Gasteiger partial charge in [-0.15, -0.1) is 0 Å². The van der Waals surface area contributed by atoms with Gasteiger partial charge in [0.05, 0.1) is 11.1 Å². The Balaban J connectivity index is 2.06. The van der Waals surface area contributed by atoms with Crippen molar-refractivity contribution in [3.63, 3.8) is 0 Å². The van der Waals surface area contributed by atoms with Crippen LogP contribution >= 0.6 is 0 Å². The summed E-state index contributed by atoms with van der Waals surface area (Å²) in [6.45, 7) is 5.03. The minimum Gasteiger partial charge on any atom is -0.466 e. The monoisotopic (exact) mass is 461 g/mol. The molecule has 0 aliphatic carbocycles. The first-order chi connectivity index (χ1) is 14.6. The molecular formula is C22H21F6NO3. The number of benzene rings is 2. The Bertz CT molecular complexity index is 962. The van der Waals surface area contributed by atoms with Gasteiger partial charge in [0.2, 0.25) is 6.23 Å². The molecule has 0 saturated carbocycles. The minimum atomic E-state index is -5.02. The highest BCUT2D eigenvalue weighted by atomic mass is 19.4. The highest BCUT2D eigenvalue weighted by Gasteiger charge is 2.39. The van der Waals surface area contributed by atoms with Gasteiger partial charge in [0, 0.05) is 12.1 Å². The summed E-state index contributed by atoms with van der Waals surface area (Å²) in [5, 5.41) is 0. The number of alkyl halides is 6. The summed E-state index contributed by atoms with van der Waals surface area (Å²) < 4.78 is 90.4.